The average Bonchev–Trinajstić information content (AvgIpc) is 3.31. The zero-order chi connectivity index (χ0) is 26.5. The normalized spacial score (nSPS) is 34.9. The zero-order valence-corrected chi connectivity index (χ0v) is 23.0. The van der Waals surface area contributed by atoms with Crippen LogP contribution in [0.25, 0.3) is 0 Å². The van der Waals surface area contributed by atoms with Gasteiger partial charge in [-0.2, -0.15) is 0 Å². The smallest absolute Gasteiger partial charge is 0.311 e. The van der Waals surface area contributed by atoms with E-state index in [1.54, 1.807) is 16.7 Å². The van der Waals surface area contributed by atoms with Crippen molar-refractivity contribution in [3.63, 3.8) is 0 Å². The fourth-order valence-corrected chi connectivity index (χ4v) is 8.56. The minimum absolute atomic E-state index is 0.0326. The highest BCUT2D eigenvalue weighted by molar-refractivity contribution is 8.02. The number of hydrogen-bond acceptors (Lipinski definition) is 8. The van der Waals surface area contributed by atoms with Gasteiger partial charge in [0.15, 0.2) is 0 Å². The van der Waals surface area contributed by atoms with Gasteiger partial charge >= 0.3 is 5.97 Å². The SMILES string of the molecule is O=C1OCCCC/C=C\[C@H]2S[C@]34C=CCN(CCN5CCOCC5)C(=O)C3N(CCCCCO)C(=O)[C@@H]4[C@@H]12. The van der Waals surface area contributed by atoms with Crippen LogP contribution in [-0.4, -0.2) is 119 Å². The second kappa shape index (κ2) is 12.5. The van der Waals surface area contributed by atoms with Crippen molar-refractivity contribution in [3.05, 3.63) is 24.3 Å². The lowest BCUT2D eigenvalue weighted by Crippen LogP contribution is -2.54. The van der Waals surface area contributed by atoms with Crippen LogP contribution in [0.15, 0.2) is 24.3 Å². The number of morpholine rings is 1. The van der Waals surface area contributed by atoms with Crippen LogP contribution in [0.4, 0.5) is 0 Å². The van der Waals surface area contributed by atoms with Gasteiger partial charge in [-0.05, 0) is 38.5 Å². The summed E-state index contributed by atoms with van der Waals surface area (Å²) in [6.45, 7) is 5.91. The molecule has 5 aliphatic rings. The van der Waals surface area contributed by atoms with E-state index in [-0.39, 0.29) is 29.6 Å². The molecule has 210 valence electrons. The lowest BCUT2D eigenvalue weighted by atomic mass is 9.78. The van der Waals surface area contributed by atoms with Crippen molar-refractivity contribution < 1.29 is 29.0 Å². The van der Waals surface area contributed by atoms with E-state index in [0.29, 0.717) is 52.3 Å². The van der Waals surface area contributed by atoms with E-state index < -0.39 is 22.6 Å². The third kappa shape index (κ3) is 5.42. The molecule has 10 heteroatoms. The molecule has 5 rings (SSSR count). The second-order valence-electron chi connectivity index (χ2n) is 10.9. The highest BCUT2D eigenvalue weighted by Crippen LogP contribution is 2.60. The summed E-state index contributed by atoms with van der Waals surface area (Å²) in [4.78, 5) is 47.7. The molecule has 1 spiro atoms. The fraction of sp³-hybridized carbons (Fsp3) is 0.750. The molecule has 38 heavy (non-hydrogen) atoms. The molecule has 0 aromatic carbocycles. The number of aliphatic hydroxyl groups excluding tert-OH is 1. The minimum atomic E-state index is -0.800. The van der Waals surface area contributed by atoms with Crippen molar-refractivity contribution in [2.45, 2.75) is 54.6 Å². The molecule has 0 aliphatic carbocycles. The summed E-state index contributed by atoms with van der Waals surface area (Å²) >= 11 is 1.60. The first-order chi connectivity index (χ1) is 18.6. The van der Waals surface area contributed by atoms with Crippen molar-refractivity contribution in [2.75, 3.05) is 65.7 Å². The lowest BCUT2D eigenvalue weighted by Gasteiger charge is -2.36. The minimum Gasteiger partial charge on any atom is -0.465 e. The van der Waals surface area contributed by atoms with E-state index in [9.17, 15) is 19.5 Å². The molecular formula is C28H41N3O6S. The zero-order valence-electron chi connectivity index (χ0n) is 22.2. The molecular weight excluding hydrogens is 506 g/mol. The number of likely N-dealkylation sites (tertiary alicyclic amines) is 1. The maximum absolute atomic E-state index is 14.3. The van der Waals surface area contributed by atoms with E-state index in [0.717, 1.165) is 45.3 Å². The summed E-state index contributed by atoms with van der Waals surface area (Å²) in [6, 6.07) is -0.651. The number of aliphatic hydroxyl groups is 1. The van der Waals surface area contributed by atoms with Crippen LogP contribution in [0.2, 0.25) is 0 Å². The number of allylic oxidation sites excluding steroid dienone is 1. The van der Waals surface area contributed by atoms with Gasteiger partial charge in [-0.1, -0.05) is 24.3 Å². The monoisotopic (exact) mass is 547 g/mol. The van der Waals surface area contributed by atoms with Gasteiger partial charge in [-0.3, -0.25) is 19.3 Å². The Hall–Kier alpha value is -1.88. The summed E-state index contributed by atoms with van der Waals surface area (Å²) in [5.41, 5.74) is 0. The summed E-state index contributed by atoms with van der Waals surface area (Å²) in [7, 11) is 0. The predicted octanol–water partition coefficient (Wildman–Crippen LogP) is 1.46. The van der Waals surface area contributed by atoms with E-state index >= 15 is 0 Å². The Morgan fingerprint density at radius 1 is 0.974 bits per heavy atom. The van der Waals surface area contributed by atoms with Crippen LogP contribution in [-0.2, 0) is 23.9 Å². The van der Waals surface area contributed by atoms with Crippen LogP contribution >= 0.6 is 11.8 Å². The van der Waals surface area contributed by atoms with Crippen molar-refractivity contribution in [1.82, 2.24) is 14.7 Å². The Balaban J connectivity index is 1.44. The van der Waals surface area contributed by atoms with E-state index in [4.69, 9.17) is 9.47 Å². The third-order valence-corrected chi connectivity index (χ3v) is 10.3. The Morgan fingerprint density at radius 3 is 2.63 bits per heavy atom. The first-order valence-corrected chi connectivity index (χ1v) is 15.1. The summed E-state index contributed by atoms with van der Waals surface area (Å²) in [5.74, 6) is -1.70. The highest BCUT2D eigenvalue weighted by atomic mass is 32.2. The van der Waals surface area contributed by atoms with Gasteiger partial charge in [-0.15, -0.1) is 11.8 Å². The Bertz CT molecular complexity index is 938. The van der Waals surface area contributed by atoms with Gasteiger partial charge in [0.2, 0.25) is 11.8 Å². The molecule has 5 heterocycles. The van der Waals surface area contributed by atoms with E-state index in [2.05, 4.69) is 23.1 Å². The first-order valence-electron chi connectivity index (χ1n) is 14.3. The largest absolute Gasteiger partial charge is 0.465 e. The number of ether oxygens (including phenoxy) is 2. The molecule has 5 atom stereocenters. The molecule has 5 aliphatic heterocycles. The van der Waals surface area contributed by atoms with Gasteiger partial charge < -0.3 is 24.4 Å². The number of esters is 1. The number of amides is 2. The third-order valence-electron chi connectivity index (χ3n) is 8.53. The van der Waals surface area contributed by atoms with Gasteiger partial charge in [-0.25, -0.2) is 0 Å². The standard InChI is InChI=1S/C28H41N3O6S/c32-17-6-3-5-12-31-24-26(34)30(14-13-29-15-19-36-20-16-29)11-8-10-28(24)23(25(31)33)22-21(38-28)9-4-1-2-7-18-37-27(22)35/h4,8-10,21-24,32H,1-3,5-7,11-20H2/b9-4-/t21-,22+,23+,24?,28+/m1/s1. The molecule has 3 saturated heterocycles. The van der Waals surface area contributed by atoms with Crippen molar-refractivity contribution in [2.24, 2.45) is 11.8 Å². The van der Waals surface area contributed by atoms with Crippen LogP contribution in [0, 0.1) is 11.8 Å². The summed E-state index contributed by atoms with van der Waals surface area (Å²) < 4.78 is 10.3. The molecule has 0 saturated carbocycles. The molecule has 0 radical (unpaired) electrons. The first kappa shape index (κ1) is 27.7. The number of unbranched alkanes of at least 4 members (excludes halogenated alkanes) is 2. The molecule has 9 nitrogen and oxygen atoms in total. The molecule has 0 aromatic rings. The number of thioether (sulfide) groups is 1. The number of cyclic esters (lactones) is 1. The quantitative estimate of drug-likeness (QED) is 0.277. The Morgan fingerprint density at radius 2 is 1.82 bits per heavy atom. The Labute approximate surface area is 229 Å². The number of nitrogens with zero attached hydrogens (tertiary/aromatic N) is 3. The van der Waals surface area contributed by atoms with Crippen LogP contribution in [0.5, 0.6) is 0 Å². The summed E-state index contributed by atoms with van der Waals surface area (Å²) in [5, 5.41) is 9.03. The molecule has 2 amide bonds. The highest BCUT2D eigenvalue weighted by Gasteiger charge is 2.70. The number of rotatable bonds is 8. The second-order valence-corrected chi connectivity index (χ2v) is 12.4. The fourth-order valence-electron chi connectivity index (χ4n) is 6.56. The summed E-state index contributed by atoms with van der Waals surface area (Å²) in [6.07, 6.45) is 13.1. The van der Waals surface area contributed by atoms with Gasteiger partial charge in [0.25, 0.3) is 0 Å². The predicted molar refractivity (Wildman–Crippen MR) is 144 cm³/mol. The van der Waals surface area contributed by atoms with Gasteiger partial charge in [0.05, 0.1) is 36.4 Å². The maximum atomic E-state index is 14.3. The van der Waals surface area contributed by atoms with Crippen molar-refractivity contribution >= 4 is 29.5 Å². The number of carbonyl (C=O) groups is 3. The van der Waals surface area contributed by atoms with Crippen LogP contribution in [0.3, 0.4) is 0 Å². The Kier molecular flexibility index (Phi) is 9.13. The maximum Gasteiger partial charge on any atom is 0.311 e. The lowest BCUT2D eigenvalue weighted by molar-refractivity contribution is -0.153. The average molecular weight is 548 g/mol. The van der Waals surface area contributed by atoms with Crippen molar-refractivity contribution in [1.29, 1.82) is 0 Å². The number of hydrogen-bond donors (Lipinski definition) is 1. The van der Waals surface area contributed by atoms with Gasteiger partial charge in [0, 0.05) is 51.1 Å². The van der Waals surface area contributed by atoms with Crippen molar-refractivity contribution in [3.8, 4) is 0 Å². The van der Waals surface area contributed by atoms with Crippen LogP contribution < -0.4 is 0 Å². The number of carbonyl (C=O) groups excluding carboxylic acids is 3. The number of fused-ring (bicyclic) bond motifs is 2. The van der Waals surface area contributed by atoms with Crippen LogP contribution in [0.1, 0.15) is 38.5 Å². The molecule has 1 unspecified atom stereocenters. The molecule has 0 bridgehead atoms. The topological polar surface area (TPSA) is 99.6 Å². The molecule has 0 aromatic heterocycles. The van der Waals surface area contributed by atoms with E-state index in [1.807, 2.05) is 11.0 Å². The molecule has 1 N–H and O–H groups in total. The molecule has 3 fully saturated rings. The van der Waals surface area contributed by atoms with E-state index in [1.165, 1.54) is 0 Å². The van der Waals surface area contributed by atoms with Gasteiger partial charge in [0.1, 0.15) is 6.04 Å².